The molecule has 28 heavy (non-hydrogen) atoms. The first-order valence-electron chi connectivity index (χ1n) is 8.67. The number of carbonyl (C=O) groups excluding carboxylic acids is 1. The fraction of sp³-hybridized carbons (Fsp3) is 0.238. The molecule has 3 rings (SSSR count). The van der Waals surface area contributed by atoms with Crippen molar-refractivity contribution in [3.05, 3.63) is 81.1 Å². The highest BCUT2D eigenvalue weighted by Gasteiger charge is 2.31. The summed E-state index contributed by atoms with van der Waals surface area (Å²) in [7, 11) is 0. The first-order chi connectivity index (χ1) is 13.2. The molecule has 0 N–H and O–H groups in total. The van der Waals surface area contributed by atoms with Gasteiger partial charge in [0.2, 0.25) is 5.43 Å². The Labute approximate surface area is 159 Å². The van der Waals surface area contributed by atoms with Crippen LogP contribution in [0.25, 0.3) is 10.9 Å². The lowest BCUT2D eigenvalue weighted by atomic mass is 10.1. The van der Waals surface area contributed by atoms with Crippen molar-refractivity contribution in [2.45, 2.75) is 26.6 Å². The summed E-state index contributed by atoms with van der Waals surface area (Å²) in [4.78, 5) is 24.9. The quantitative estimate of drug-likeness (QED) is 0.615. The summed E-state index contributed by atoms with van der Waals surface area (Å²) >= 11 is 0. The maximum Gasteiger partial charge on any atom is 0.416 e. The Hall–Kier alpha value is -3.09. The van der Waals surface area contributed by atoms with Crippen LogP contribution < -0.4 is 5.43 Å². The number of hydrogen-bond acceptors (Lipinski definition) is 3. The van der Waals surface area contributed by atoms with Crippen molar-refractivity contribution in [3.63, 3.8) is 0 Å². The molecular weight excluding hydrogens is 371 g/mol. The van der Waals surface area contributed by atoms with Gasteiger partial charge in [-0.25, -0.2) is 4.79 Å². The number of aryl methyl sites for hydroxylation is 1. The molecule has 0 fully saturated rings. The van der Waals surface area contributed by atoms with Crippen molar-refractivity contribution < 1.29 is 22.7 Å². The molecule has 0 bridgehead atoms. The summed E-state index contributed by atoms with van der Waals surface area (Å²) in [5.74, 6) is -0.857. The third kappa shape index (κ3) is 3.93. The molecule has 0 spiro atoms. The minimum Gasteiger partial charge on any atom is -0.462 e. The topological polar surface area (TPSA) is 48.3 Å². The Morgan fingerprint density at radius 1 is 1.14 bits per heavy atom. The lowest BCUT2D eigenvalue weighted by Gasteiger charge is -2.15. The molecule has 0 radical (unpaired) electrons. The summed E-state index contributed by atoms with van der Waals surface area (Å²) in [6.07, 6.45) is -3.25. The van der Waals surface area contributed by atoms with Crippen LogP contribution >= 0.6 is 0 Å². The zero-order valence-electron chi connectivity index (χ0n) is 15.3. The predicted octanol–water partition coefficient (Wildman–Crippen LogP) is 4.55. The number of halogens is 3. The number of esters is 1. The van der Waals surface area contributed by atoms with E-state index in [9.17, 15) is 22.8 Å². The number of aromatic nitrogens is 1. The van der Waals surface area contributed by atoms with Crippen LogP contribution in [0.5, 0.6) is 0 Å². The van der Waals surface area contributed by atoms with Crippen LogP contribution in [-0.4, -0.2) is 17.1 Å². The van der Waals surface area contributed by atoms with Gasteiger partial charge in [0, 0.05) is 18.1 Å². The molecule has 146 valence electrons. The first-order valence-corrected chi connectivity index (χ1v) is 8.67. The summed E-state index contributed by atoms with van der Waals surface area (Å²) < 4.78 is 45.9. The molecule has 0 saturated heterocycles. The minimum atomic E-state index is -4.60. The maximum absolute atomic E-state index is 13.1. The van der Waals surface area contributed by atoms with E-state index in [1.165, 1.54) is 12.3 Å². The van der Waals surface area contributed by atoms with Gasteiger partial charge in [0.1, 0.15) is 5.56 Å². The first kappa shape index (κ1) is 19.7. The number of nitrogens with zero attached hydrogens (tertiary/aromatic N) is 1. The molecule has 3 aromatic rings. The van der Waals surface area contributed by atoms with Gasteiger partial charge in [0.25, 0.3) is 0 Å². The number of fused-ring (bicyclic) bond motifs is 1. The fourth-order valence-electron chi connectivity index (χ4n) is 3.07. The second kappa shape index (κ2) is 7.50. The van der Waals surface area contributed by atoms with Crippen LogP contribution in [-0.2, 0) is 17.5 Å². The number of pyridine rings is 1. The van der Waals surface area contributed by atoms with E-state index < -0.39 is 23.1 Å². The van der Waals surface area contributed by atoms with Gasteiger partial charge in [0.15, 0.2) is 0 Å². The van der Waals surface area contributed by atoms with Gasteiger partial charge in [-0.1, -0.05) is 29.8 Å². The molecule has 4 nitrogen and oxygen atoms in total. The Kier molecular flexibility index (Phi) is 5.27. The number of benzene rings is 2. The SMILES string of the molecule is CCOC(=O)c1cn(Cc2cccc(C)c2)c2ccc(C(F)(F)F)cc2c1=O. The number of rotatable bonds is 4. The smallest absolute Gasteiger partial charge is 0.416 e. The normalized spacial score (nSPS) is 11.6. The third-order valence-corrected chi connectivity index (χ3v) is 4.34. The highest BCUT2D eigenvalue weighted by Crippen LogP contribution is 2.31. The molecule has 0 aliphatic rings. The zero-order chi connectivity index (χ0) is 20.5. The third-order valence-electron chi connectivity index (χ3n) is 4.34. The lowest BCUT2D eigenvalue weighted by Crippen LogP contribution is -2.21. The van der Waals surface area contributed by atoms with Crippen molar-refractivity contribution >= 4 is 16.9 Å². The van der Waals surface area contributed by atoms with E-state index >= 15 is 0 Å². The van der Waals surface area contributed by atoms with Gasteiger partial charge in [-0.15, -0.1) is 0 Å². The van der Waals surface area contributed by atoms with Crippen molar-refractivity contribution in [2.24, 2.45) is 0 Å². The van der Waals surface area contributed by atoms with Crippen molar-refractivity contribution in [1.82, 2.24) is 4.57 Å². The average Bonchev–Trinajstić information content (AvgIpc) is 2.63. The molecule has 1 aromatic heterocycles. The van der Waals surface area contributed by atoms with Crippen LogP contribution in [0.15, 0.2) is 53.5 Å². The second-order valence-electron chi connectivity index (χ2n) is 6.44. The molecule has 7 heteroatoms. The number of hydrogen-bond donors (Lipinski definition) is 0. The van der Waals surface area contributed by atoms with E-state index in [-0.39, 0.29) is 24.1 Å². The maximum atomic E-state index is 13.1. The molecular formula is C21H18F3NO3. The molecule has 0 aliphatic heterocycles. The predicted molar refractivity (Wildman–Crippen MR) is 99.4 cm³/mol. The van der Waals surface area contributed by atoms with E-state index in [0.717, 1.165) is 23.3 Å². The van der Waals surface area contributed by atoms with E-state index in [1.807, 2.05) is 31.2 Å². The summed E-state index contributed by atoms with van der Waals surface area (Å²) in [5, 5.41) is -0.173. The highest BCUT2D eigenvalue weighted by atomic mass is 19.4. The number of alkyl halides is 3. The van der Waals surface area contributed by atoms with Gasteiger partial charge in [0.05, 0.1) is 17.7 Å². The Morgan fingerprint density at radius 2 is 1.89 bits per heavy atom. The molecule has 0 atom stereocenters. The molecule has 1 heterocycles. The Bertz CT molecular complexity index is 1100. The van der Waals surface area contributed by atoms with Gasteiger partial charge >= 0.3 is 12.1 Å². The van der Waals surface area contributed by atoms with E-state index in [4.69, 9.17) is 4.74 Å². The van der Waals surface area contributed by atoms with Crippen LogP contribution in [0, 0.1) is 6.92 Å². The Balaban J connectivity index is 2.24. The number of ether oxygens (including phenoxy) is 1. The standard InChI is InChI=1S/C21H18F3NO3/c1-3-28-20(27)17-12-25(11-14-6-4-5-13(2)9-14)18-8-7-15(21(22,23)24)10-16(18)19(17)26/h4-10,12H,3,11H2,1-2H3. The number of carbonyl (C=O) groups is 1. The van der Waals surface area contributed by atoms with Crippen molar-refractivity contribution in [3.8, 4) is 0 Å². The van der Waals surface area contributed by atoms with Crippen LogP contribution in [0.2, 0.25) is 0 Å². The molecule has 2 aromatic carbocycles. The van der Waals surface area contributed by atoms with Crippen molar-refractivity contribution in [2.75, 3.05) is 6.61 Å². The van der Waals surface area contributed by atoms with Gasteiger partial charge in [-0.05, 0) is 37.6 Å². The van der Waals surface area contributed by atoms with E-state index in [2.05, 4.69) is 0 Å². The minimum absolute atomic E-state index is 0.0524. The van der Waals surface area contributed by atoms with Gasteiger partial charge in [-0.2, -0.15) is 13.2 Å². The van der Waals surface area contributed by atoms with Crippen LogP contribution in [0.4, 0.5) is 13.2 Å². The zero-order valence-corrected chi connectivity index (χ0v) is 15.3. The van der Waals surface area contributed by atoms with Crippen LogP contribution in [0.3, 0.4) is 0 Å². The molecule has 0 saturated carbocycles. The monoisotopic (exact) mass is 389 g/mol. The summed E-state index contributed by atoms with van der Waals surface area (Å²) in [6, 6.07) is 10.6. The fourth-order valence-corrected chi connectivity index (χ4v) is 3.07. The van der Waals surface area contributed by atoms with E-state index in [1.54, 1.807) is 11.5 Å². The largest absolute Gasteiger partial charge is 0.462 e. The second-order valence-corrected chi connectivity index (χ2v) is 6.44. The van der Waals surface area contributed by atoms with Crippen molar-refractivity contribution in [1.29, 1.82) is 0 Å². The molecule has 0 amide bonds. The molecule has 0 aliphatic carbocycles. The van der Waals surface area contributed by atoms with E-state index in [0.29, 0.717) is 5.52 Å². The van der Waals surface area contributed by atoms with Crippen LogP contribution in [0.1, 0.15) is 34.0 Å². The van der Waals surface area contributed by atoms with Gasteiger partial charge in [-0.3, -0.25) is 4.79 Å². The average molecular weight is 389 g/mol. The summed E-state index contributed by atoms with van der Waals surface area (Å²) in [5.41, 5.74) is 0.210. The highest BCUT2D eigenvalue weighted by molar-refractivity contribution is 5.94. The van der Waals surface area contributed by atoms with Gasteiger partial charge < -0.3 is 9.30 Å². The Morgan fingerprint density at radius 3 is 2.54 bits per heavy atom. The lowest BCUT2D eigenvalue weighted by molar-refractivity contribution is -0.137. The summed E-state index contributed by atoms with van der Waals surface area (Å²) in [6.45, 7) is 3.85. The molecule has 0 unspecified atom stereocenters.